The third-order valence-corrected chi connectivity index (χ3v) is 4.24. The molecule has 0 heterocycles. The molecule has 1 atom stereocenters. The molecular weight excluding hydrogens is 323 g/mol. The van der Waals surface area contributed by atoms with Gasteiger partial charge in [0.25, 0.3) is 0 Å². The van der Waals surface area contributed by atoms with Crippen molar-refractivity contribution >= 4 is 16.0 Å². The monoisotopic (exact) mass is 339 g/mol. The number of sulfonamides is 1. The van der Waals surface area contributed by atoms with Crippen LogP contribution in [0.5, 0.6) is 0 Å². The number of benzene rings is 1. The van der Waals surface area contributed by atoms with Crippen molar-refractivity contribution in [1.82, 2.24) is 4.72 Å². The van der Waals surface area contributed by atoms with E-state index < -0.39 is 44.4 Å². The molecule has 1 aromatic carbocycles. The van der Waals surface area contributed by atoms with Gasteiger partial charge >= 0.3 is 5.97 Å². The number of carbonyl (C=O) groups excluding carboxylic acids is 1. The van der Waals surface area contributed by atoms with Crippen LogP contribution in [0.2, 0.25) is 0 Å². The van der Waals surface area contributed by atoms with Crippen LogP contribution in [0, 0.1) is 23.4 Å². The molecular formula is C13H16F3NO4S. The summed E-state index contributed by atoms with van der Waals surface area (Å²) >= 11 is 0. The molecule has 0 fully saturated rings. The van der Waals surface area contributed by atoms with E-state index in [0.29, 0.717) is 0 Å². The fraction of sp³-hybridized carbons (Fsp3) is 0.462. The summed E-state index contributed by atoms with van der Waals surface area (Å²) in [5.74, 6) is -5.41. The van der Waals surface area contributed by atoms with Crippen molar-refractivity contribution in [2.24, 2.45) is 5.92 Å². The lowest BCUT2D eigenvalue weighted by Crippen LogP contribution is -2.42. The predicted octanol–water partition coefficient (Wildman–Crippen LogP) is 1.97. The number of carbonyl (C=O) groups is 1. The molecule has 1 rings (SSSR count). The minimum Gasteiger partial charge on any atom is -0.468 e. The van der Waals surface area contributed by atoms with Crippen molar-refractivity contribution in [2.45, 2.75) is 31.2 Å². The van der Waals surface area contributed by atoms with Gasteiger partial charge in [-0.15, -0.1) is 0 Å². The highest BCUT2D eigenvalue weighted by atomic mass is 32.2. The lowest BCUT2D eigenvalue weighted by molar-refractivity contribution is -0.143. The molecule has 0 saturated carbocycles. The standard InChI is InChI=1S/C13H16F3NO4S/c1-7(2)4-11(13(18)21-3)17-22(19,20)12-6-9(15)8(14)5-10(12)16/h5-7,11,17H,4H2,1-3H3. The fourth-order valence-corrected chi connectivity index (χ4v) is 3.04. The van der Waals surface area contributed by atoms with Gasteiger partial charge in [-0.3, -0.25) is 4.79 Å². The summed E-state index contributed by atoms with van der Waals surface area (Å²) in [7, 11) is -3.49. The highest BCUT2D eigenvalue weighted by molar-refractivity contribution is 7.89. The average molecular weight is 339 g/mol. The number of ether oxygens (including phenoxy) is 1. The molecule has 0 saturated heterocycles. The zero-order valence-electron chi connectivity index (χ0n) is 12.2. The van der Waals surface area contributed by atoms with Crippen LogP contribution >= 0.6 is 0 Å². The topological polar surface area (TPSA) is 72.5 Å². The molecule has 1 unspecified atom stereocenters. The second kappa shape index (κ2) is 7.10. The van der Waals surface area contributed by atoms with Crippen LogP contribution in [0.4, 0.5) is 13.2 Å². The van der Waals surface area contributed by atoms with Gasteiger partial charge in [0.1, 0.15) is 16.8 Å². The molecule has 22 heavy (non-hydrogen) atoms. The molecule has 0 amide bonds. The molecule has 1 N–H and O–H groups in total. The Morgan fingerprint density at radius 2 is 1.73 bits per heavy atom. The Balaban J connectivity index is 3.17. The van der Waals surface area contributed by atoms with Crippen molar-refractivity contribution < 1.29 is 31.1 Å². The van der Waals surface area contributed by atoms with Gasteiger partial charge in [0, 0.05) is 6.07 Å². The summed E-state index contributed by atoms with van der Waals surface area (Å²) in [6, 6.07) is -0.918. The first-order valence-electron chi connectivity index (χ1n) is 6.33. The highest BCUT2D eigenvalue weighted by Crippen LogP contribution is 2.19. The van der Waals surface area contributed by atoms with Crippen LogP contribution in [0.25, 0.3) is 0 Å². The van der Waals surface area contributed by atoms with E-state index >= 15 is 0 Å². The van der Waals surface area contributed by atoms with Gasteiger partial charge in [0.2, 0.25) is 10.0 Å². The van der Waals surface area contributed by atoms with Crippen molar-refractivity contribution in [2.75, 3.05) is 7.11 Å². The molecule has 5 nitrogen and oxygen atoms in total. The van der Waals surface area contributed by atoms with Gasteiger partial charge in [-0.05, 0) is 18.4 Å². The number of nitrogens with one attached hydrogen (secondary N) is 1. The lowest BCUT2D eigenvalue weighted by Gasteiger charge is -2.18. The van der Waals surface area contributed by atoms with Gasteiger partial charge in [-0.25, -0.2) is 21.6 Å². The third kappa shape index (κ3) is 4.44. The quantitative estimate of drug-likeness (QED) is 0.635. The minimum atomic E-state index is -4.56. The number of esters is 1. The van der Waals surface area contributed by atoms with Gasteiger partial charge in [-0.2, -0.15) is 4.72 Å². The van der Waals surface area contributed by atoms with Gasteiger partial charge < -0.3 is 4.74 Å². The minimum absolute atomic E-state index is 0.0680. The molecule has 0 aliphatic heterocycles. The van der Waals surface area contributed by atoms with Crippen molar-refractivity contribution in [3.8, 4) is 0 Å². The van der Waals surface area contributed by atoms with Crippen molar-refractivity contribution in [1.29, 1.82) is 0 Å². The number of hydrogen-bond acceptors (Lipinski definition) is 4. The van der Waals surface area contributed by atoms with Crippen LogP contribution in [0.1, 0.15) is 20.3 Å². The van der Waals surface area contributed by atoms with E-state index in [9.17, 15) is 26.4 Å². The Morgan fingerprint density at radius 3 is 2.23 bits per heavy atom. The predicted molar refractivity (Wildman–Crippen MR) is 71.9 cm³/mol. The number of halogens is 3. The van der Waals surface area contributed by atoms with Crippen molar-refractivity contribution in [3.05, 3.63) is 29.6 Å². The first-order chi connectivity index (χ1) is 10.1. The molecule has 1 aromatic rings. The zero-order valence-corrected chi connectivity index (χ0v) is 13.0. The molecule has 0 spiro atoms. The molecule has 0 aromatic heterocycles. The average Bonchev–Trinajstić information content (AvgIpc) is 2.40. The maximum Gasteiger partial charge on any atom is 0.323 e. The molecule has 9 heteroatoms. The van der Waals surface area contributed by atoms with E-state index in [4.69, 9.17) is 0 Å². The number of rotatable bonds is 6. The molecule has 0 radical (unpaired) electrons. The normalized spacial score (nSPS) is 13.2. The van der Waals surface area contributed by atoms with E-state index in [-0.39, 0.29) is 24.5 Å². The largest absolute Gasteiger partial charge is 0.468 e. The fourth-order valence-electron chi connectivity index (χ4n) is 1.77. The van der Waals surface area contributed by atoms with Crippen LogP contribution in [-0.2, 0) is 19.6 Å². The summed E-state index contributed by atoms with van der Waals surface area (Å²) in [4.78, 5) is 10.5. The maximum absolute atomic E-state index is 13.6. The second-order valence-electron chi connectivity index (χ2n) is 5.02. The Hall–Kier alpha value is -1.61. The van der Waals surface area contributed by atoms with E-state index in [1.807, 2.05) is 4.72 Å². The first kappa shape index (κ1) is 18.4. The lowest BCUT2D eigenvalue weighted by atomic mass is 10.1. The van der Waals surface area contributed by atoms with E-state index in [0.717, 1.165) is 7.11 Å². The first-order valence-corrected chi connectivity index (χ1v) is 7.81. The SMILES string of the molecule is COC(=O)C(CC(C)C)NS(=O)(=O)c1cc(F)c(F)cc1F. The summed E-state index contributed by atoms with van der Waals surface area (Å²) < 4.78 is 70.2. The smallest absolute Gasteiger partial charge is 0.323 e. The van der Waals surface area contributed by atoms with E-state index in [1.165, 1.54) is 0 Å². The molecule has 124 valence electrons. The molecule has 0 aliphatic carbocycles. The van der Waals surface area contributed by atoms with E-state index in [1.54, 1.807) is 13.8 Å². The van der Waals surface area contributed by atoms with Crippen LogP contribution in [0.3, 0.4) is 0 Å². The van der Waals surface area contributed by atoms with Crippen LogP contribution in [-0.4, -0.2) is 27.5 Å². The van der Waals surface area contributed by atoms with Gasteiger partial charge in [-0.1, -0.05) is 13.8 Å². The van der Waals surface area contributed by atoms with Gasteiger partial charge in [0.15, 0.2) is 11.6 Å². The van der Waals surface area contributed by atoms with Crippen LogP contribution in [0.15, 0.2) is 17.0 Å². The number of hydrogen-bond donors (Lipinski definition) is 1. The molecule has 0 aliphatic rings. The summed E-state index contributed by atoms with van der Waals surface area (Å²) in [6.45, 7) is 3.48. The molecule has 0 bridgehead atoms. The Morgan fingerprint density at radius 1 is 1.18 bits per heavy atom. The van der Waals surface area contributed by atoms with Gasteiger partial charge in [0.05, 0.1) is 7.11 Å². The Kier molecular flexibility index (Phi) is 5.95. The van der Waals surface area contributed by atoms with Crippen molar-refractivity contribution in [3.63, 3.8) is 0 Å². The summed E-state index contributed by atoms with van der Waals surface area (Å²) in [6.07, 6.45) is 0.0944. The zero-order chi connectivity index (χ0) is 17.1. The van der Waals surface area contributed by atoms with E-state index in [2.05, 4.69) is 4.74 Å². The Bertz CT molecular complexity index is 661. The highest BCUT2D eigenvalue weighted by Gasteiger charge is 2.29. The maximum atomic E-state index is 13.6. The summed E-state index contributed by atoms with van der Waals surface area (Å²) in [5.41, 5.74) is 0. The third-order valence-electron chi connectivity index (χ3n) is 2.75. The van der Waals surface area contributed by atoms with Crippen LogP contribution < -0.4 is 4.72 Å². The Labute approximate surface area is 126 Å². The summed E-state index contributed by atoms with van der Waals surface area (Å²) in [5, 5.41) is 0. The number of methoxy groups -OCH3 is 1. The second-order valence-corrected chi connectivity index (χ2v) is 6.71.